The average molecular weight is 415 g/mol. The minimum absolute atomic E-state index is 0.122. The normalized spacial score (nSPS) is 17.8. The molecule has 3 rings (SSSR count). The Kier molecular flexibility index (Phi) is 7.74. The number of hydrogen-bond donors (Lipinski definition) is 2. The van der Waals surface area contributed by atoms with Crippen molar-refractivity contribution in [2.75, 3.05) is 26.3 Å². The Labute approximate surface area is 179 Å². The Morgan fingerprint density at radius 2 is 2.13 bits per heavy atom. The summed E-state index contributed by atoms with van der Waals surface area (Å²) in [5.74, 6) is 2.82. The van der Waals surface area contributed by atoms with Crippen molar-refractivity contribution in [3.05, 3.63) is 46.3 Å². The molecule has 2 N–H and O–H groups in total. The quantitative estimate of drug-likeness (QED) is 0.507. The number of hydrogen-bond acceptors (Lipinski definition) is 5. The molecule has 7 nitrogen and oxygen atoms in total. The molecule has 1 aliphatic rings. The minimum atomic E-state index is 0.122. The van der Waals surface area contributed by atoms with Crippen LogP contribution in [0.3, 0.4) is 0 Å². The van der Waals surface area contributed by atoms with E-state index >= 15 is 0 Å². The largest absolute Gasteiger partial charge is 0.488 e. The fraction of sp³-hybridized carbons (Fsp3) is 0.565. The zero-order valence-electron chi connectivity index (χ0n) is 18.7. The fourth-order valence-corrected chi connectivity index (χ4v) is 3.74. The second-order valence-corrected chi connectivity index (χ2v) is 7.93. The molecule has 2 atom stereocenters. The molecule has 0 radical (unpaired) electrons. The first kappa shape index (κ1) is 22.2. The maximum atomic E-state index is 6.20. The minimum Gasteiger partial charge on any atom is -0.488 e. The summed E-state index contributed by atoms with van der Waals surface area (Å²) in [5.41, 5.74) is 4.35. The number of nitrogens with zero attached hydrogens (tertiary/aromatic N) is 2. The molecule has 0 saturated carbocycles. The maximum absolute atomic E-state index is 6.20. The van der Waals surface area contributed by atoms with Crippen LogP contribution in [0.25, 0.3) is 0 Å². The summed E-state index contributed by atoms with van der Waals surface area (Å²) in [6.07, 6.45) is 1.05. The first-order chi connectivity index (χ1) is 14.5. The van der Waals surface area contributed by atoms with Crippen molar-refractivity contribution < 1.29 is 14.0 Å². The Morgan fingerprint density at radius 1 is 1.30 bits per heavy atom. The van der Waals surface area contributed by atoms with Crippen molar-refractivity contribution in [1.29, 1.82) is 0 Å². The van der Waals surface area contributed by atoms with Crippen molar-refractivity contribution in [2.24, 2.45) is 4.99 Å². The van der Waals surface area contributed by atoms with Gasteiger partial charge in [-0.3, -0.25) is 0 Å². The highest BCUT2D eigenvalue weighted by Gasteiger charge is 2.19. The van der Waals surface area contributed by atoms with Crippen LogP contribution in [0.2, 0.25) is 0 Å². The summed E-state index contributed by atoms with van der Waals surface area (Å²) in [6.45, 7) is 13.7. The molecule has 1 aromatic carbocycles. The lowest BCUT2D eigenvalue weighted by atomic mass is 10.00. The van der Waals surface area contributed by atoms with Crippen LogP contribution in [0, 0.1) is 20.8 Å². The predicted molar refractivity (Wildman–Crippen MR) is 118 cm³/mol. The van der Waals surface area contributed by atoms with E-state index in [9.17, 15) is 0 Å². The van der Waals surface area contributed by atoms with Crippen LogP contribution in [-0.2, 0) is 11.3 Å². The molecule has 2 aromatic rings. The molecule has 7 heteroatoms. The van der Waals surface area contributed by atoms with Gasteiger partial charge in [0, 0.05) is 36.6 Å². The van der Waals surface area contributed by atoms with Crippen LogP contribution in [0.15, 0.2) is 27.7 Å². The third-order valence-corrected chi connectivity index (χ3v) is 5.31. The molecule has 0 amide bonds. The molecule has 1 aromatic heterocycles. The lowest BCUT2D eigenvalue weighted by Crippen LogP contribution is -2.39. The highest BCUT2D eigenvalue weighted by molar-refractivity contribution is 5.79. The van der Waals surface area contributed by atoms with Crippen molar-refractivity contribution >= 4 is 5.96 Å². The van der Waals surface area contributed by atoms with Gasteiger partial charge >= 0.3 is 0 Å². The zero-order chi connectivity index (χ0) is 21.5. The molecule has 2 heterocycles. The predicted octanol–water partition coefficient (Wildman–Crippen LogP) is 3.63. The molecule has 1 saturated heterocycles. The van der Waals surface area contributed by atoms with Gasteiger partial charge in [-0.2, -0.15) is 0 Å². The monoisotopic (exact) mass is 414 g/mol. The number of aryl methyl sites for hydroxylation is 3. The Bertz CT molecular complexity index is 837. The van der Waals surface area contributed by atoms with Crippen LogP contribution in [-0.4, -0.2) is 43.5 Å². The van der Waals surface area contributed by atoms with E-state index in [2.05, 4.69) is 54.8 Å². The topological polar surface area (TPSA) is 80.9 Å². The van der Waals surface area contributed by atoms with Crippen LogP contribution >= 0.6 is 0 Å². The number of guanidine groups is 1. The molecule has 0 spiro atoms. The van der Waals surface area contributed by atoms with Gasteiger partial charge < -0.3 is 24.6 Å². The van der Waals surface area contributed by atoms with Crippen LogP contribution in [0.5, 0.6) is 5.75 Å². The third-order valence-electron chi connectivity index (χ3n) is 5.31. The average Bonchev–Trinajstić information content (AvgIpc) is 3.34. The molecule has 30 heavy (non-hydrogen) atoms. The molecule has 1 aliphatic heterocycles. The van der Waals surface area contributed by atoms with Crippen LogP contribution in [0.4, 0.5) is 0 Å². The smallest absolute Gasteiger partial charge is 0.191 e. The summed E-state index contributed by atoms with van der Waals surface area (Å²) in [5, 5.41) is 10.8. The van der Waals surface area contributed by atoms with E-state index in [1.807, 2.05) is 13.8 Å². The van der Waals surface area contributed by atoms with Gasteiger partial charge in [-0.15, -0.1) is 0 Å². The van der Waals surface area contributed by atoms with Gasteiger partial charge in [0.05, 0.1) is 25.5 Å². The Balaban J connectivity index is 1.67. The van der Waals surface area contributed by atoms with E-state index in [0.717, 1.165) is 60.4 Å². The van der Waals surface area contributed by atoms with Gasteiger partial charge in [-0.25, -0.2) is 4.99 Å². The molecular formula is C23H34N4O3. The number of nitrogens with one attached hydrogen (secondary N) is 2. The van der Waals surface area contributed by atoms with Gasteiger partial charge in [-0.05, 0) is 39.3 Å². The van der Waals surface area contributed by atoms with E-state index in [-0.39, 0.29) is 12.0 Å². The zero-order valence-corrected chi connectivity index (χ0v) is 18.7. The lowest BCUT2D eigenvalue weighted by Gasteiger charge is -2.17. The van der Waals surface area contributed by atoms with Gasteiger partial charge in [0.25, 0.3) is 0 Å². The molecule has 2 unspecified atom stereocenters. The molecule has 164 valence electrons. The lowest BCUT2D eigenvalue weighted by molar-refractivity contribution is 0.140. The molecule has 0 aliphatic carbocycles. The highest BCUT2D eigenvalue weighted by Crippen LogP contribution is 2.25. The highest BCUT2D eigenvalue weighted by atomic mass is 16.5. The summed E-state index contributed by atoms with van der Waals surface area (Å²) >= 11 is 0. The number of aromatic nitrogens is 1. The number of benzene rings is 1. The van der Waals surface area contributed by atoms with Crippen molar-refractivity contribution in [2.45, 2.75) is 59.6 Å². The Morgan fingerprint density at radius 3 is 2.80 bits per heavy atom. The summed E-state index contributed by atoms with van der Waals surface area (Å²) in [4.78, 5) is 4.79. The second kappa shape index (κ2) is 10.5. The summed E-state index contributed by atoms with van der Waals surface area (Å²) < 4.78 is 17.0. The number of aliphatic imine (C=N–C) groups is 1. The Hall–Kier alpha value is -2.54. The van der Waals surface area contributed by atoms with Crippen molar-refractivity contribution in [1.82, 2.24) is 15.8 Å². The number of rotatable bonds is 8. The SMILES string of the molecule is CCNC(=NCc1ccc(C)cc1OC1CCOC1)NCC(C)c1c(C)noc1C. The van der Waals surface area contributed by atoms with Crippen LogP contribution < -0.4 is 15.4 Å². The first-order valence-electron chi connectivity index (χ1n) is 10.8. The second-order valence-electron chi connectivity index (χ2n) is 7.93. The van der Waals surface area contributed by atoms with Crippen LogP contribution in [0.1, 0.15) is 54.3 Å². The van der Waals surface area contributed by atoms with E-state index in [4.69, 9.17) is 19.0 Å². The van der Waals surface area contributed by atoms with Gasteiger partial charge in [0.1, 0.15) is 17.6 Å². The number of ether oxygens (including phenoxy) is 2. The van der Waals surface area contributed by atoms with E-state index in [0.29, 0.717) is 13.2 Å². The molecule has 0 bridgehead atoms. The summed E-state index contributed by atoms with van der Waals surface area (Å²) in [6, 6.07) is 6.28. The fourth-order valence-electron chi connectivity index (χ4n) is 3.74. The van der Waals surface area contributed by atoms with E-state index in [1.54, 1.807) is 0 Å². The third kappa shape index (κ3) is 5.75. The van der Waals surface area contributed by atoms with Gasteiger partial charge in [0.15, 0.2) is 5.96 Å². The molecule has 1 fully saturated rings. The van der Waals surface area contributed by atoms with Gasteiger partial charge in [0.2, 0.25) is 0 Å². The summed E-state index contributed by atoms with van der Waals surface area (Å²) in [7, 11) is 0. The van der Waals surface area contributed by atoms with Crippen molar-refractivity contribution in [3.63, 3.8) is 0 Å². The molecular weight excluding hydrogens is 380 g/mol. The standard InChI is InChI=1S/C23H34N4O3/c1-6-24-23(25-12-16(3)22-17(4)27-30-18(22)5)26-13-19-8-7-15(2)11-21(19)29-20-9-10-28-14-20/h7-8,11,16,20H,6,9-10,12-14H2,1-5H3,(H2,24,25,26). The van der Waals surface area contributed by atoms with E-state index < -0.39 is 0 Å². The first-order valence-corrected chi connectivity index (χ1v) is 10.8. The maximum Gasteiger partial charge on any atom is 0.191 e. The van der Waals surface area contributed by atoms with Crippen molar-refractivity contribution in [3.8, 4) is 5.75 Å². The van der Waals surface area contributed by atoms with E-state index in [1.165, 1.54) is 5.56 Å². The van der Waals surface area contributed by atoms with Gasteiger partial charge in [-0.1, -0.05) is 24.2 Å².